The van der Waals surface area contributed by atoms with E-state index >= 15 is 0 Å². The Kier molecular flexibility index (Phi) is 9.04. The minimum Gasteiger partial charge on any atom is -0.490 e. The fourth-order valence-corrected chi connectivity index (χ4v) is 5.26. The van der Waals surface area contributed by atoms with Crippen molar-refractivity contribution in [2.45, 2.75) is 70.6 Å². The SMILES string of the molecule is C[C@@H]1CN(C(=O)/C(N)=C2\CCCC2=NCC(=O)N2CCC(Oc3cccc(OC(F)(F)F)c3)CC2)C[C@H](C)O1. The number of likely N-dealkylation sites (tertiary alicyclic amines) is 1. The van der Waals surface area contributed by atoms with Gasteiger partial charge in [0.05, 0.1) is 12.2 Å². The predicted molar refractivity (Wildman–Crippen MR) is 137 cm³/mol. The minimum atomic E-state index is -4.77. The van der Waals surface area contributed by atoms with Crippen molar-refractivity contribution in [3.05, 3.63) is 35.5 Å². The zero-order valence-corrected chi connectivity index (χ0v) is 22.2. The van der Waals surface area contributed by atoms with Gasteiger partial charge in [-0.15, -0.1) is 13.2 Å². The molecule has 1 saturated carbocycles. The summed E-state index contributed by atoms with van der Waals surface area (Å²) in [6.45, 7) is 5.67. The van der Waals surface area contributed by atoms with Gasteiger partial charge in [-0.2, -0.15) is 0 Å². The van der Waals surface area contributed by atoms with E-state index in [0.29, 0.717) is 57.6 Å². The number of morpholine rings is 1. The summed E-state index contributed by atoms with van der Waals surface area (Å²) in [6.07, 6.45) is -1.92. The van der Waals surface area contributed by atoms with Gasteiger partial charge in [0.25, 0.3) is 5.91 Å². The Morgan fingerprint density at radius 2 is 1.74 bits per heavy atom. The average Bonchev–Trinajstić information content (AvgIpc) is 3.34. The molecule has 2 aliphatic heterocycles. The number of hydrogen-bond donors (Lipinski definition) is 1. The molecule has 1 aromatic carbocycles. The highest BCUT2D eigenvalue weighted by atomic mass is 19.4. The monoisotopic (exact) mass is 552 g/mol. The Balaban J connectivity index is 1.29. The van der Waals surface area contributed by atoms with Gasteiger partial charge >= 0.3 is 6.36 Å². The summed E-state index contributed by atoms with van der Waals surface area (Å²) in [4.78, 5) is 33.8. The lowest BCUT2D eigenvalue weighted by Crippen LogP contribution is -2.49. The van der Waals surface area contributed by atoms with Crippen LogP contribution in [-0.4, -0.2) is 84.7 Å². The topological polar surface area (TPSA) is 107 Å². The lowest BCUT2D eigenvalue weighted by atomic mass is 10.1. The van der Waals surface area contributed by atoms with Gasteiger partial charge in [0.1, 0.15) is 29.8 Å². The fourth-order valence-electron chi connectivity index (χ4n) is 5.26. The molecular weight excluding hydrogens is 517 g/mol. The van der Waals surface area contributed by atoms with Crippen LogP contribution in [-0.2, 0) is 14.3 Å². The maximum absolute atomic E-state index is 13.0. The Bertz CT molecular complexity index is 1100. The van der Waals surface area contributed by atoms with Gasteiger partial charge < -0.3 is 29.7 Å². The molecule has 39 heavy (non-hydrogen) atoms. The zero-order chi connectivity index (χ0) is 28.2. The van der Waals surface area contributed by atoms with E-state index in [1.807, 2.05) is 13.8 Å². The molecule has 1 aliphatic carbocycles. The van der Waals surface area contributed by atoms with Crippen LogP contribution in [0.5, 0.6) is 11.5 Å². The molecule has 0 unspecified atom stereocenters. The highest BCUT2D eigenvalue weighted by Crippen LogP contribution is 2.28. The van der Waals surface area contributed by atoms with Crippen molar-refractivity contribution in [1.29, 1.82) is 0 Å². The maximum atomic E-state index is 13.0. The van der Waals surface area contributed by atoms with Crippen molar-refractivity contribution in [2.24, 2.45) is 10.7 Å². The van der Waals surface area contributed by atoms with E-state index in [1.165, 1.54) is 18.2 Å². The number of nitrogens with zero attached hydrogens (tertiary/aromatic N) is 3. The van der Waals surface area contributed by atoms with Crippen LogP contribution < -0.4 is 15.2 Å². The molecule has 2 amide bonds. The third kappa shape index (κ3) is 7.87. The molecule has 2 atom stereocenters. The standard InChI is InChI=1S/C27H35F3N4O5/c1-17-15-34(16-18(2)37-17)26(36)25(31)22-7-4-8-23(22)32-14-24(35)33-11-9-19(10-12-33)38-20-5-3-6-21(13-20)39-27(28,29)30/h3,5-6,13,17-19H,4,7-12,14-16,31H2,1-2H3/b25-22-,32-23?/t17-,18+. The summed E-state index contributed by atoms with van der Waals surface area (Å²) in [5.74, 6) is -0.413. The molecule has 12 heteroatoms. The predicted octanol–water partition coefficient (Wildman–Crippen LogP) is 3.43. The summed E-state index contributed by atoms with van der Waals surface area (Å²) < 4.78 is 52.9. The minimum absolute atomic E-state index is 0.0335. The van der Waals surface area contributed by atoms with Crippen molar-refractivity contribution in [1.82, 2.24) is 9.80 Å². The Hall–Kier alpha value is -3.28. The molecule has 3 fully saturated rings. The van der Waals surface area contributed by atoms with Crippen LogP contribution in [0.3, 0.4) is 0 Å². The first-order chi connectivity index (χ1) is 18.5. The largest absolute Gasteiger partial charge is 0.573 e. The van der Waals surface area contributed by atoms with Crippen LogP contribution >= 0.6 is 0 Å². The molecule has 3 aliphatic rings. The molecule has 2 heterocycles. The van der Waals surface area contributed by atoms with Crippen molar-refractivity contribution < 1.29 is 37.0 Å². The van der Waals surface area contributed by atoms with Crippen molar-refractivity contribution in [2.75, 3.05) is 32.7 Å². The number of alkyl halides is 3. The van der Waals surface area contributed by atoms with E-state index in [0.717, 1.165) is 12.0 Å². The fraction of sp³-hybridized carbons (Fsp3) is 0.593. The number of hydrogen-bond acceptors (Lipinski definition) is 7. The molecular formula is C27H35F3N4O5. The Morgan fingerprint density at radius 1 is 1.08 bits per heavy atom. The number of halogens is 3. The molecule has 0 aromatic heterocycles. The van der Waals surface area contributed by atoms with E-state index in [9.17, 15) is 22.8 Å². The van der Waals surface area contributed by atoms with Crippen molar-refractivity contribution >= 4 is 17.5 Å². The zero-order valence-electron chi connectivity index (χ0n) is 22.2. The summed E-state index contributed by atoms with van der Waals surface area (Å²) in [6, 6.07) is 5.41. The Morgan fingerprint density at radius 3 is 2.41 bits per heavy atom. The van der Waals surface area contributed by atoms with E-state index < -0.39 is 6.36 Å². The van der Waals surface area contributed by atoms with Gasteiger partial charge in [-0.25, -0.2) is 0 Å². The molecule has 1 aromatic rings. The number of aliphatic imine (C=N–C) groups is 1. The first-order valence-electron chi connectivity index (χ1n) is 13.3. The van der Waals surface area contributed by atoms with E-state index in [1.54, 1.807) is 15.9 Å². The second-order valence-corrected chi connectivity index (χ2v) is 10.2. The number of carbonyl (C=O) groups is 2. The summed E-state index contributed by atoms with van der Waals surface area (Å²) in [5.41, 5.74) is 7.93. The molecule has 214 valence electrons. The number of piperidine rings is 1. The van der Waals surface area contributed by atoms with E-state index in [-0.39, 0.29) is 53.9 Å². The van der Waals surface area contributed by atoms with Crippen LogP contribution in [0.15, 0.2) is 40.5 Å². The highest BCUT2D eigenvalue weighted by Gasteiger charge is 2.32. The second-order valence-electron chi connectivity index (χ2n) is 10.2. The second kappa shape index (κ2) is 12.3. The van der Waals surface area contributed by atoms with Crippen LogP contribution in [0, 0.1) is 0 Å². The molecule has 2 saturated heterocycles. The normalized spacial score (nSPS) is 25.1. The number of allylic oxidation sites excluding steroid dienone is 1. The molecule has 2 N–H and O–H groups in total. The van der Waals surface area contributed by atoms with Gasteiger partial charge in [-0.05, 0) is 45.2 Å². The molecule has 4 rings (SSSR count). The van der Waals surface area contributed by atoms with E-state index in [2.05, 4.69) is 9.73 Å². The average molecular weight is 553 g/mol. The Labute approximate surface area is 225 Å². The van der Waals surface area contributed by atoms with Crippen molar-refractivity contribution in [3.8, 4) is 11.5 Å². The number of benzene rings is 1. The van der Waals surface area contributed by atoms with Crippen molar-refractivity contribution in [3.63, 3.8) is 0 Å². The number of nitrogens with two attached hydrogens (primary N) is 1. The third-order valence-electron chi connectivity index (χ3n) is 6.99. The summed E-state index contributed by atoms with van der Waals surface area (Å²) in [5, 5.41) is 0. The number of ether oxygens (including phenoxy) is 3. The van der Waals surface area contributed by atoms with Crippen LogP contribution in [0.4, 0.5) is 13.2 Å². The number of carbonyl (C=O) groups excluding carboxylic acids is 2. The number of amides is 2. The molecule has 0 spiro atoms. The van der Waals surface area contributed by atoms with Crippen LogP contribution in [0.25, 0.3) is 0 Å². The quantitative estimate of drug-likeness (QED) is 0.542. The van der Waals surface area contributed by atoms with Gasteiger partial charge in [0, 0.05) is 56.4 Å². The van der Waals surface area contributed by atoms with Crippen LogP contribution in [0.2, 0.25) is 0 Å². The van der Waals surface area contributed by atoms with E-state index in [4.69, 9.17) is 15.2 Å². The van der Waals surface area contributed by atoms with Gasteiger partial charge in [0.15, 0.2) is 0 Å². The smallest absolute Gasteiger partial charge is 0.490 e. The van der Waals surface area contributed by atoms with Gasteiger partial charge in [-0.3, -0.25) is 14.6 Å². The summed E-state index contributed by atoms with van der Waals surface area (Å²) >= 11 is 0. The maximum Gasteiger partial charge on any atom is 0.573 e. The summed E-state index contributed by atoms with van der Waals surface area (Å²) in [7, 11) is 0. The first kappa shape index (κ1) is 28.7. The lowest BCUT2D eigenvalue weighted by Gasteiger charge is -2.35. The van der Waals surface area contributed by atoms with Gasteiger partial charge in [0.2, 0.25) is 5.91 Å². The van der Waals surface area contributed by atoms with Crippen LogP contribution in [0.1, 0.15) is 46.0 Å². The first-order valence-corrected chi connectivity index (χ1v) is 13.3. The molecule has 0 bridgehead atoms. The number of rotatable bonds is 6. The third-order valence-corrected chi connectivity index (χ3v) is 6.99. The lowest BCUT2D eigenvalue weighted by molar-refractivity contribution is -0.274. The van der Waals surface area contributed by atoms with Gasteiger partial charge in [-0.1, -0.05) is 6.07 Å². The highest BCUT2D eigenvalue weighted by molar-refractivity contribution is 6.09. The molecule has 9 nitrogen and oxygen atoms in total. The molecule has 0 radical (unpaired) electrons.